The lowest BCUT2D eigenvalue weighted by Crippen LogP contribution is -2.10. The van der Waals surface area contributed by atoms with E-state index in [9.17, 15) is 4.79 Å². The summed E-state index contributed by atoms with van der Waals surface area (Å²) < 4.78 is 16.7. The van der Waals surface area contributed by atoms with E-state index in [1.807, 2.05) is 45.0 Å². The zero-order valence-electron chi connectivity index (χ0n) is 15.8. The van der Waals surface area contributed by atoms with Gasteiger partial charge in [-0.3, -0.25) is 0 Å². The summed E-state index contributed by atoms with van der Waals surface area (Å²) in [6, 6.07) is 14.6. The Morgan fingerprint density at radius 3 is 2.44 bits per heavy atom. The van der Waals surface area contributed by atoms with Crippen LogP contribution >= 0.6 is 0 Å². The Morgan fingerprint density at radius 1 is 1.04 bits per heavy atom. The fourth-order valence-electron chi connectivity index (χ4n) is 2.51. The van der Waals surface area contributed by atoms with Crippen molar-refractivity contribution in [2.75, 3.05) is 0 Å². The molecule has 0 saturated heterocycles. The zero-order valence-corrected chi connectivity index (χ0v) is 15.8. The first-order valence-corrected chi connectivity index (χ1v) is 8.80. The van der Waals surface area contributed by atoms with Gasteiger partial charge in [0.15, 0.2) is 6.10 Å². The van der Waals surface area contributed by atoms with E-state index in [2.05, 4.69) is 10.2 Å². The zero-order chi connectivity index (χ0) is 19.4. The van der Waals surface area contributed by atoms with Gasteiger partial charge in [-0.1, -0.05) is 17.7 Å². The highest BCUT2D eigenvalue weighted by molar-refractivity contribution is 5.89. The largest absolute Gasteiger partial charge is 0.491 e. The van der Waals surface area contributed by atoms with Crippen molar-refractivity contribution in [1.29, 1.82) is 0 Å². The average molecular weight is 366 g/mol. The van der Waals surface area contributed by atoms with E-state index in [1.165, 1.54) is 0 Å². The number of hydrogen-bond acceptors (Lipinski definition) is 6. The van der Waals surface area contributed by atoms with Crippen LogP contribution in [-0.4, -0.2) is 22.3 Å². The summed E-state index contributed by atoms with van der Waals surface area (Å²) in [6.07, 6.45) is -0.585. The van der Waals surface area contributed by atoms with E-state index >= 15 is 0 Å². The van der Waals surface area contributed by atoms with Gasteiger partial charge in [-0.25, -0.2) is 4.79 Å². The Balaban J connectivity index is 1.66. The van der Waals surface area contributed by atoms with Gasteiger partial charge in [0.1, 0.15) is 5.75 Å². The molecule has 27 heavy (non-hydrogen) atoms. The third-order valence-electron chi connectivity index (χ3n) is 3.80. The summed E-state index contributed by atoms with van der Waals surface area (Å²) in [5.41, 5.74) is 2.35. The third kappa shape index (κ3) is 4.73. The Hall–Kier alpha value is -3.15. The molecule has 0 aliphatic rings. The van der Waals surface area contributed by atoms with E-state index in [0.29, 0.717) is 17.2 Å². The molecule has 6 nitrogen and oxygen atoms in total. The van der Waals surface area contributed by atoms with Crippen LogP contribution in [-0.2, 0) is 4.74 Å². The molecule has 0 amide bonds. The Kier molecular flexibility index (Phi) is 5.54. The monoisotopic (exact) mass is 366 g/mol. The van der Waals surface area contributed by atoms with Crippen LogP contribution in [0.15, 0.2) is 52.9 Å². The summed E-state index contributed by atoms with van der Waals surface area (Å²) in [5, 5.41) is 8.05. The minimum Gasteiger partial charge on any atom is -0.491 e. The molecule has 0 fully saturated rings. The van der Waals surface area contributed by atoms with Crippen LogP contribution in [0.3, 0.4) is 0 Å². The van der Waals surface area contributed by atoms with Crippen molar-refractivity contribution < 1.29 is 18.7 Å². The highest BCUT2D eigenvalue weighted by atomic mass is 16.6. The molecule has 0 aliphatic heterocycles. The van der Waals surface area contributed by atoms with Gasteiger partial charge in [0.2, 0.25) is 5.89 Å². The van der Waals surface area contributed by atoms with Crippen molar-refractivity contribution in [3.05, 3.63) is 65.5 Å². The first kappa shape index (κ1) is 18.6. The number of carbonyl (C=O) groups excluding carboxylic acids is 1. The SMILES string of the molecule is Cc1cccc(-c2nnc(C(C)OC(=O)c3ccc(OC(C)C)cc3)o2)c1. The fraction of sp³-hybridized carbons (Fsp3) is 0.286. The maximum Gasteiger partial charge on any atom is 0.338 e. The average Bonchev–Trinajstić information content (AvgIpc) is 3.12. The molecule has 140 valence electrons. The van der Waals surface area contributed by atoms with Crippen molar-refractivity contribution in [3.63, 3.8) is 0 Å². The Bertz CT molecular complexity index is 916. The number of benzene rings is 2. The smallest absolute Gasteiger partial charge is 0.338 e. The molecule has 1 heterocycles. The second kappa shape index (κ2) is 8.03. The molecule has 2 aromatic carbocycles. The Labute approximate surface area is 158 Å². The van der Waals surface area contributed by atoms with E-state index in [-0.39, 0.29) is 12.0 Å². The molecule has 6 heteroatoms. The number of rotatable bonds is 6. The van der Waals surface area contributed by atoms with E-state index < -0.39 is 12.1 Å². The highest BCUT2D eigenvalue weighted by Crippen LogP contribution is 2.24. The molecule has 1 aromatic heterocycles. The van der Waals surface area contributed by atoms with E-state index in [0.717, 1.165) is 11.1 Å². The summed E-state index contributed by atoms with van der Waals surface area (Å²) >= 11 is 0. The van der Waals surface area contributed by atoms with Crippen LogP contribution in [0.1, 0.15) is 48.7 Å². The van der Waals surface area contributed by atoms with Crippen molar-refractivity contribution in [3.8, 4) is 17.2 Å². The van der Waals surface area contributed by atoms with Gasteiger partial charge < -0.3 is 13.9 Å². The van der Waals surface area contributed by atoms with Crippen LogP contribution < -0.4 is 4.74 Å². The van der Waals surface area contributed by atoms with Gasteiger partial charge in [0, 0.05) is 5.56 Å². The first-order valence-electron chi connectivity index (χ1n) is 8.80. The van der Waals surface area contributed by atoms with Crippen LogP contribution in [0.2, 0.25) is 0 Å². The number of aromatic nitrogens is 2. The second-order valence-corrected chi connectivity index (χ2v) is 6.55. The minimum absolute atomic E-state index is 0.0722. The number of nitrogens with zero attached hydrogens (tertiary/aromatic N) is 2. The molecule has 0 aliphatic carbocycles. The van der Waals surface area contributed by atoms with Gasteiger partial charge >= 0.3 is 5.97 Å². The number of aryl methyl sites for hydroxylation is 1. The lowest BCUT2D eigenvalue weighted by molar-refractivity contribution is 0.0280. The minimum atomic E-state index is -0.657. The topological polar surface area (TPSA) is 74.5 Å². The molecular weight excluding hydrogens is 344 g/mol. The first-order chi connectivity index (χ1) is 12.9. The summed E-state index contributed by atoms with van der Waals surface area (Å²) in [6.45, 7) is 7.57. The quantitative estimate of drug-likeness (QED) is 0.586. The van der Waals surface area contributed by atoms with Crippen LogP contribution in [0.4, 0.5) is 0 Å². The van der Waals surface area contributed by atoms with Crippen LogP contribution in [0.25, 0.3) is 11.5 Å². The van der Waals surface area contributed by atoms with Gasteiger partial charge in [-0.15, -0.1) is 10.2 Å². The summed E-state index contributed by atoms with van der Waals surface area (Å²) in [4.78, 5) is 12.3. The van der Waals surface area contributed by atoms with Crippen molar-refractivity contribution >= 4 is 5.97 Å². The number of ether oxygens (including phenoxy) is 2. The molecule has 1 atom stereocenters. The van der Waals surface area contributed by atoms with E-state index in [4.69, 9.17) is 13.9 Å². The lowest BCUT2D eigenvalue weighted by Gasteiger charge is -2.11. The maximum atomic E-state index is 12.3. The molecule has 0 N–H and O–H groups in total. The summed E-state index contributed by atoms with van der Waals surface area (Å²) in [7, 11) is 0. The molecule has 0 radical (unpaired) electrons. The highest BCUT2D eigenvalue weighted by Gasteiger charge is 2.20. The molecule has 0 saturated carbocycles. The molecule has 3 aromatic rings. The van der Waals surface area contributed by atoms with Crippen molar-refractivity contribution in [2.45, 2.75) is 39.9 Å². The van der Waals surface area contributed by atoms with Gasteiger partial charge in [0.25, 0.3) is 5.89 Å². The molecule has 0 spiro atoms. The predicted octanol–water partition coefficient (Wildman–Crippen LogP) is 4.75. The molecule has 0 bridgehead atoms. The lowest BCUT2D eigenvalue weighted by atomic mass is 10.1. The summed E-state index contributed by atoms with van der Waals surface area (Å²) in [5.74, 6) is 0.884. The molecule has 3 rings (SSSR count). The maximum absolute atomic E-state index is 12.3. The Morgan fingerprint density at radius 2 is 1.78 bits per heavy atom. The normalized spacial score (nSPS) is 12.0. The standard InChI is InChI=1S/C21H22N2O4/c1-13(2)25-18-10-8-16(9-11-18)21(24)26-15(4)19-22-23-20(27-19)17-7-5-6-14(3)12-17/h5-13,15H,1-4H3. The number of hydrogen-bond donors (Lipinski definition) is 0. The van der Waals surface area contributed by atoms with E-state index in [1.54, 1.807) is 31.2 Å². The fourth-order valence-corrected chi connectivity index (χ4v) is 2.51. The van der Waals surface area contributed by atoms with Crippen LogP contribution in [0, 0.1) is 6.92 Å². The van der Waals surface area contributed by atoms with Crippen LogP contribution in [0.5, 0.6) is 5.75 Å². The van der Waals surface area contributed by atoms with Gasteiger partial charge in [-0.2, -0.15) is 0 Å². The number of esters is 1. The van der Waals surface area contributed by atoms with Gasteiger partial charge in [0.05, 0.1) is 11.7 Å². The number of carbonyl (C=O) groups is 1. The van der Waals surface area contributed by atoms with Crippen molar-refractivity contribution in [1.82, 2.24) is 10.2 Å². The molecular formula is C21H22N2O4. The van der Waals surface area contributed by atoms with Crippen molar-refractivity contribution in [2.24, 2.45) is 0 Å². The second-order valence-electron chi connectivity index (χ2n) is 6.55. The van der Waals surface area contributed by atoms with Gasteiger partial charge in [-0.05, 0) is 64.1 Å². The molecule has 1 unspecified atom stereocenters. The third-order valence-corrected chi connectivity index (χ3v) is 3.80. The predicted molar refractivity (Wildman–Crippen MR) is 101 cm³/mol.